The molecule has 0 aliphatic carbocycles. The summed E-state index contributed by atoms with van der Waals surface area (Å²) in [5.74, 6) is 0.0705. The van der Waals surface area contributed by atoms with Gasteiger partial charge in [-0.25, -0.2) is 0 Å². The number of methoxy groups -OCH3 is 1. The standard InChI is InChI=1S/C21H26N2O4/c1-4-15(2)27-17-9-7-8-16(14-17)20(24)23-19-11-6-5-10-18(19)21(25)22-12-13-26-3/h5-11,14-15H,4,12-13H2,1-3H3,(H,22,25)(H,23,24). The maximum absolute atomic E-state index is 12.6. The van der Waals surface area contributed by atoms with Crippen molar-refractivity contribution in [2.24, 2.45) is 0 Å². The zero-order valence-corrected chi connectivity index (χ0v) is 16.0. The van der Waals surface area contributed by atoms with E-state index in [1.54, 1.807) is 49.6 Å². The van der Waals surface area contributed by atoms with Gasteiger partial charge in [-0.3, -0.25) is 9.59 Å². The quantitative estimate of drug-likeness (QED) is 0.663. The highest BCUT2D eigenvalue weighted by Crippen LogP contribution is 2.19. The van der Waals surface area contributed by atoms with Crippen molar-refractivity contribution >= 4 is 17.5 Å². The minimum absolute atomic E-state index is 0.0693. The molecule has 2 amide bonds. The highest BCUT2D eigenvalue weighted by molar-refractivity contribution is 6.09. The normalized spacial score (nSPS) is 11.5. The molecule has 1 unspecified atom stereocenters. The van der Waals surface area contributed by atoms with Crippen LogP contribution in [0.1, 0.15) is 41.0 Å². The minimum atomic E-state index is -0.304. The molecule has 1 atom stereocenters. The van der Waals surface area contributed by atoms with Crippen LogP contribution in [0, 0.1) is 0 Å². The van der Waals surface area contributed by atoms with Crippen molar-refractivity contribution < 1.29 is 19.1 Å². The number of carbonyl (C=O) groups excluding carboxylic acids is 2. The monoisotopic (exact) mass is 370 g/mol. The van der Waals surface area contributed by atoms with E-state index in [1.807, 2.05) is 19.9 Å². The first-order valence-electron chi connectivity index (χ1n) is 8.99. The van der Waals surface area contributed by atoms with E-state index in [2.05, 4.69) is 10.6 Å². The van der Waals surface area contributed by atoms with Gasteiger partial charge in [0.2, 0.25) is 0 Å². The molecule has 2 N–H and O–H groups in total. The summed E-state index contributed by atoms with van der Waals surface area (Å²) in [6.45, 7) is 4.83. The molecule has 0 radical (unpaired) electrons. The summed E-state index contributed by atoms with van der Waals surface area (Å²) < 4.78 is 10.7. The molecular formula is C21H26N2O4. The SMILES string of the molecule is CCC(C)Oc1cccc(C(=O)Nc2ccccc2C(=O)NCCOC)c1. The van der Waals surface area contributed by atoms with Crippen molar-refractivity contribution in [3.8, 4) is 5.75 Å². The summed E-state index contributed by atoms with van der Waals surface area (Å²) in [6.07, 6.45) is 0.946. The van der Waals surface area contributed by atoms with Gasteiger partial charge in [0.1, 0.15) is 5.75 Å². The van der Waals surface area contributed by atoms with Crippen molar-refractivity contribution in [3.05, 3.63) is 59.7 Å². The van der Waals surface area contributed by atoms with E-state index in [1.165, 1.54) is 0 Å². The van der Waals surface area contributed by atoms with Gasteiger partial charge in [0.15, 0.2) is 0 Å². The highest BCUT2D eigenvalue weighted by atomic mass is 16.5. The number of hydrogen-bond acceptors (Lipinski definition) is 4. The Kier molecular flexibility index (Phi) is 7.82. The Balaban J connectivity index is 2.12. The molecule has 0 aromatic heterocycles. The van der Waals surface area contributed by atoms with E-state index in [0.29, 0.717) is 35.7 Å². The Bertz CT molecular complexity index is 776. The van der Waals surface area contributed by atoms with Crippen molar-refractivity contribution in [3.63, 3.8) is 0 Å². The van der Waals surface area contributed by atoms with Crippen LogP contribution in [0.25, 0.3) is 0 Å². The van der Waals surface area contributed by atoms with Gasteiger partial charge in [0, 0.05) is 19.2 Å². The van der Waals surface area contributed by atoms with Gasteiger partial charge >= 0.3 is 0 Å². The molecule has 0 saturated heterocycles. The number of rotatable bonds is 9. The van der Waals surface area contributed by atoms with E-state index >= 15 is 0 Å². The van der Waals surface area contributed by atoms with Crippen molar-refractivity contribution in [2.45, 2.75) is 26.4 Å². The average Bonchev–Trinajstić information content (AvgIpc) is 2.68. The molecule has 27 heavy (non-hydrogen) atoms. The minimum Gasteiger partial charge on any atom is -0.491 e. The second-order valence-corrected chi connectivity index (χ2v) is 6.11. The Morgan fingerprint density at radius 1 is 1.07 bits per heavy atom. The van der Waals surface area contributed by atoms with Crippen LogP contribution in [0.3, 0.4) is 0 Å². The summed E-state index contributed by atoms with van der Waals surface area (Å²) >= 11 is 0. The first-order chi connectivity index (χ1) is 13.0. The van der Waals surface area contributed by atoms with Gasteiger partial charge in [-0.2, -0.15) is 0 Å². The lowest BCUT2D eigenvalue weighted by molar-refractivity contribution is 0.0938. The summed E-state index contributed by atoms with van der Waals surface area (Å²) in [7, 11) is 1.57. The number of para-hydroxylation sites is 1. The summed E-state index contributed by atoms with van der Waals surface area (Å²) in [5, 5.41) is 5.56. The van der Waals surface area contributed by atoms with Gasteiger partial charge in [0.05, 0.1) is 24.0 Å². The fraction of sp³-hybridized carbons (Fsp3) is 0.333. The van der Waals surface area contributed by atoms with Gasteiger partial charge in [-0.05, 0) is 43.7 Å². The fourth-order valence-corrected chi connectivity index (χ4v) is 2.37. The van der Waals surface area contributed by atoms with Crippen LogP contribution < -0.4 is 15.4 Å². The van der Waals surface area contributed by atoms with Gasteiger partial charge in [0.25, 0.3) is 11.8 Å². The molecule has 6 heteroatoms. The first-order valence-corrected chi connectivity index (χ1v) is 8.99. The summed E-state index contributed by atoms with van der Waals surface area (Å²) in [4.78, 5) is 25.0. The Hall–Kier alpha value is -2.86. The van der Waals surface area contributed by atoms with Crippen LogP contribution in [0.2, 0.25) is 0 Å². The molecule has 0 bridgehead atoms. The Morgan fingerprint density at radius 3 is 2.59 bits per heavy atom. The molecule has 2 aromatic carbocycles. The molecule has 2 rings (SSSR count). The maximum atomic E-state index is 12.6. The number of anilines is 1. The van der Waals surface area contributed by atoms with Gasteiger partial charge in [-0.15, -0.1) is 0 Å². The van der Waals surface area contributed by atoms with E-state index in [9.17, 15) is 9.59 Å². The largest absolute Gasteiger partial charge is 0.491 e. The molecule has 0 saturated carbocycles. The Labute approximate surface area is 159 Å². The number of hydrogen-bond donors (Lipinski definition) is 2. The van der Waals surface area contributed by atoms with Crippen molar-refractivity contribution in [2.75, 3.05) is 25.6 Å². The second kappa shape index (κ2) is 10.3. The third kappa shape index (κ3) is 6.11. The van der Waals surface area contributed by atoms with Crippen LogP contribution in [0.15, 0.2) is 48.5 Å². The average molecular weight is 370 g/mol. The predicted octanol–water partition coefficient (Wildman–Crippen LogP) is 3.49. The molecular weight excluding hydrogens is 344 g/mol. The lowest BCUT2D eigenvalue weighted by Crippen LogP contribution is -2.28. The van der Waals surface area contributed by atoms with Crippen LogP contribution in [-0.2, 0) is 4.74 Å². The van der Waals surface area contributed by atoms with Crippen LogP contribution >= 0.6 is 0 Å². The zero-order valence-electron chi connectivity index (χ0n) is 16.0. The third-order valence-corrected chi connectivity index (χ3v) is 4.02. The summed E-state index contributed by atoms with van der Waals surface area (Å²) in [5.41, 5.74) is 1.31. The number of amides is 2. The third-order valence-electron chi connectivity index (χ3n) is 4.02. The number of ether oxygens (including phenoxy) is 2. The van der Waals surface area contributed by atoms with Crippen molar-refractivity contribution in [1.29, 1.82) is 0 Å². The van der Waals surface area contributed by atoms with E-state index in [4.69, 9.17) is 9.47 Å². The number of nitrogens with one attached hydrogen (secondary N) is 2. The predicted molar refractivity (Wildman–Crippen MR) is 105 cm³/mol. The van der Waals surface area contributed by atoms with E-state index < -0.39 is 0 Å². The molecule has 0 aliphatic rings. The number of benzene rings is 2. The molecule has 2 aromatic rings. The van der Waals surface area contributed by atoms with E-state index in [0.717, 1.165) is 6.42 Å². The topological polar surface area (TPSA) is 76.7 Å². The summed E-state index contributed by atoms with van der Waals surface area (Å²) in [6, 6.07) is 13.9. The van der Waals surface area contributed by atoms with Gasteiger partial charge in [-0.1, -0.05) is 25.1 Å². The molecule has 144 valence electrons. The van der Waals surface area contributed by atoms with Crippen LogP contribution in [-0.4, -0.2) is 38.2 Å². The highest BCUT2D eigenvalue weighted by Gasteiger charge is 2.14. The van der Waals surface area contributed by atoms with Crippen LogP contribution in [0.4, 0.5) is 5.69 Å². The first kappa shape index (κ1) is 20.5. The fourth-order valence-electron chi connectivity index (χ4n) is 2.37. The number of carbonyl (C=O) groups is 2. The van der Waals surface area contributed by atoms with Crippen LogP contribution in [0.5, 0.6) is 5.75 Å². The lowest BCUT2D eigenvalue weighted by Gasteiger charge is -2.14. The smallest absolute Gasteiger partial charge is 0.255 e. The molecule has 0 spiro atoms. The maximum Gasteiger partial charge on any atom is 0.255 e. The lowest BCUT2D eigenvalue weighted by atomic mass is 10.1. The second-order valence-electron chi connectivity index (χ2n) is 6.11. The zero-order chi connectivity index (χ0) is 19.6. The molecule has 6 nitrogen and oxygen atoms in total. The molecule has 0 heterocycles. The molecule has 0 fully saturated rings. The molecule has 0 aliphatic heterocycles. The van der Waals surface area contributed by atoms with Gasteiger partial charge < -0.3 is 20.1 Å². The van der Waals surface area contributed by atoms with E-state index in [-0.39, 0.29) is 17.9 Å². The van der Waals surface area contributed by atoms with Crippen molar-refractivity contribution in [1.82, 2.24) is 5.32 Å². The Morgan fingerprint density at radius 2 is 1.85 bits per heavy atom.